The molecule has 22 heteroatoms. The van der Waals surface area contributed by atoms with Crippen molar-refractivity contribution in [2.75, 3.05) is 96.2 Å². The lowest BCUT2D eigenvalue weighted by atomic mass is 10.00. The van der Waals surface area contributed by atoms with Crippen molar-refractivity contribution in [2.45, 2.75) is 75.2 Å². The van der Waals surface area contributed by atoms with Gasteiger partial charge in [-0.15, -0.1) is 11.3 Å². The molecular weight excluding hydrogens is 963 g/mol. The number of aromatic nitrogens is 3. The lowest BCUT2D eigenvalue weighted by Gasteiger charge is -2.37. The highest BCUT2D eigenvalue weighted by molar-refractivity contribution is 8.00. The number of likely N-dealkylation sites (tertiary alicyclic amines) is 1. The molecule has 7 rings (SSSR count). The van der Waals surface area contributed by atoms with Gasteiger partial charge in [-0.05, 0) is 62.9 Å². The number of hydrogen-bond donors (Lipinski definition) is 5. The molecule has 0 spiro atoms. The number of methoxy groups -OCH3 is 1. The van der Waals surface area contributed by atoms with E-state index in [2.05, 4.69) is 41.1 Å². The van der Waals surface area contributed by atoms with E-state index in [1.807, 2.05) is 36.1 Å². The van der Waals surface area contributed by atoms with Crippen LogP contribution in [0, 0.1) is 6.92 Å². The number of hydrogen-bond acceptors (Lipinski definition) is 16. The van der Waals surface area contributed by atoms with E-state index in [0.717, 1.165) is 21.7 Å². The number of alkyl halides is 1. The van der Waals surface area contributed by atoms with E-state index in [1.54, 1.807) is 55.9 Å². The van der Waals surface area contributed by atoms with Crippen molar-refractivity contribution in [2.24, 2.45) is 0 Å². The van der Waals surface area contributed by atoms with Crippen molar-refractivity contribution in [3.05, 3.63) is 76.0 Å². The molecule has 4 heterocycles. The number of halogens is 2. The number of β-amino-alcohol motifs (C(OH)–C–C–N with tert-alkyl or cyclic N) is 1. The number of ether oxygens (including phenoxy) is 3. The fourth-order valence-corrected chi connectivity index (χ4v) is 10.3. The first-order chi connectivity index (χ1) is 33.6. The molecule has 5 N–H and O–H groups in total. The Kier molecular flexibility index (Phi) is 17.9. The Labute approximate surface area is 420 Å². The number of piperazine rings is 1. The molecule has 0 bridgehead atoms. The molecule has 1 unspecified atom stereocenters. The van der Waals surface area contributed by atoms with Gasteiger partial charge in [0.2, 0.25) is 17.8 Å². The molecule has 3 fully saturated rings. The molecular formula is C48H62ClFN10O8S2. The van der Waals surface area contributed by atoms with Gasteiger partial charge in [0.25, 0.3) is 11.8 Å². The van der Waals surface area contributed by atoms with Crippen LogP contribution in [0.2, 0.25) is 5.02 Å². The van der Waals surface area contributed by atoms with E-state index in [9.17, 15) is 24.3 Å². The number of thioether (sulfide) groups is 1. The normalized spacial score (nSPS) is 18.3. The van der Waals surface area contributed by atoms with Crippen LogP contribution in [-0.4, -0.2) is 173 Å². The summed E-state index contributed by atoms with van der Waals surface area (Å²) in [5.74, 6) is -0.207. The van der Waals surface area contributed by atoms with Crippen LogP contribution in [0.4, 0.5) is 21.8 Å². The number of rotatable bonds is 23. The number of aryl methyl sites for hydroxylation is 1. The molecule has 18 nitrogen and oxygen atoms in total. The second-order valence-corrected chi connectivity index (χ2v) is 21.0. The van der Waals surface area contributed by atoms with E-state index < -0.39 is 46.3 Å². The average Bonchev–Trinajstić information content (AvgIpc) is 3.77. The number of carbonyl (C=O) groups excluding carboxylic acids is 4. The van der Waals surface area contributed by atoms with Crippen LogP contribution in [-0.2, 0) is 30.4 Å². The first-order valence-electron chi connectivity index (χ1n) is 23.3. The summed E-state index contributed by atoms with van der Waals surface area (Å²) in [5.41, 5.74) is 3.71. The van der Waals surface area contributed by atoms with Crippen molar-refractivity contribution < 1.29 is 42.9 Å². The van der Waals surface area contributed by atoms with E-state index in [-0.39, 0.29) is 38.3 Å². The Balaban J connectivity index is 0.813. The largest absolute Gasteiger partial charge is 0.495 e. The van der Waals surface area contributed by atoms with Crippen LogP contribution in [0.3, 0.4) is 0 Å². The molecule has 4 aromatic rings. The average molecular weight is 1030 g/mol. The third-order valence-electron chi connectivity index (χ3n) is 12.6. The zero-order valence-corrected chi connectivity index (χ0v) is 42.5. The zero-order valence-electron chi connectivity index (χ0n) is 40.1. The summed E-state index contributed by atoms with van der Waals surface area (Å²) in [6, 6.07) is 10.8. The minimum Gasteiger partial charge on any atom is -0.495 e. The molecule has 3 aliphatic rings. The van der Waals surface area contributed by atoms with E-state index >= 15 is 4.39 Å². The second kappa shape index (κ2) is 23.8. The molecule has 2 aromatic heterocycles. The fraction of sp³-hybridized carbons (Fsp3) is 0.521. The van der Waals surface area contributed by atoms with Gasteiger partial charge in [-0.2, -0.15) is 16.7 Å². The predicted octanol–water partition coefficient (Wildman–Crippen LogP) is 4.92. The van der Waals surface area contributed by atoms with Crippen LogP contribution in [0.5, 0.6) is 5.75 Å². The summed E-state index contributed by atoms with van der Waals surface area (Å²) in [5, 5.41) is 22.7. The number of aliphatic hydroxyl groups is 1. The highest BCUT2D eigenvalue weighted by Crippen LogP contribution is 2.41. The SMILES string of the molecule is CNc1nc(Nc2ccc(C(=O)N3CCN(CCOCCOCCSC(C)(C)C(NC(=O)C4(F)CC4)C(=O)N4C[C@H](O)C[C@@H]4C(=O)NCc4ccc(-c5scnc5C)cc4)CC3)cc2OC)ncc1Cl. The highest BCUT2D eigenvalue weighted by atomic mass is 35.5. The van der Waals surface area contributed by atoms with Crippen LogP contribution >= 0.6 is 34.7 Å². The number of anilines is 3. The molecule has 378 valence electrons. The van der Waals surface area contributed by atoms with Crippen LogP contribution in [0.25, 0.3) is 10.4 Å². The molecule has 0 radical (unpaired) electrons. The van der Waals surface area contributed by atoms with Crippen molar-refractivity contribution in [1.82, 2.24) is 40.3 Å². The Morgan fingerprint density at radius 1 is 1.03 bits per heavy atom. The van der Waals surface area contributed by atoms with Crippen molar-refractivity contribution in [3.63, 3.8) is 0 Å². The number of nitrogens with one attached hydrogen (secondary N) is 4. The van der Waals surface area contributed by atoms with Gasteiger partial charge in [-0.3, -0.25) is 24.1 Å². The summed E-state index contributed by atoms with van der Waals surface area (Å²) in [7, 11) is 3.25. The van der Waals surface area contributed by atoms with Crippen LogP contribution < -0.4 is 26.0 Å². The fourth-order valence-electron chi connectivity index (χ4n) is 8.23. The van der Waals surface area contributed by atoms with Gasteiger partial charge in [0, 0.05) is 75.3 Å². The van der Waals surface area contributed by atoms with Crippen molar-refractivity contribution >= 4 is 75.8 Å². The number of amides is 4. The first-order valence-corrected chi connectivity index (χ1v) is 25.6. The number of benzene rings is 2. The molecule has 4 amide bonds. The van der Waals surface area contributed by atoms with Crippen molar-refractivity contribution in [1.29, 1.82) is 0 Å². The topological polar surface area (TPSA) is 213 Å². The Hall–Kier alpha value is -5.16. The maximum absolute atomic E-state index is 15.0. The molecule has 1 aliphatic carbocycles. The molecule has 70 heavy (non-hydrogen) atoms. The van der Waals surface area contributed by atoms with Crippen LogP contribution in [0.15, 0.2) is 54.2 Å². The smallest absolute Gasteiger partial charge is 0.258 e. The Morgan fingerprint density at radius 3 is 2.43 bits per heavy atom. The third-order valence-corrected chi connectivity index (χ3v) is 15.2. The number of carbonyl (C=O) groups is 4. The summed E-state index contributed by atoms with van der Waals surface area (Å²) >= 11 is 9.06. The summed E-state index contributed by atoms with van der Waals surface area (Å²) in [4.78, 5) is 73.8. The highest BCUT2D eigenvalue weighted by Gasteiger charge is 2.54. The third kappa shape index (κ3) is 13.4. The molecule has 2 saturated heterocycles. The van der Waals surface area contributed by atoms with Gasteiger partial charge >= 0.3 is 0 Å². The van der Waals surface area contributed by atoms with E-state index in [1.165, 1.54) is 30.0 Å². The van der Waals surface area contributed by atoms with Gasteiger partial charge in [-0.25, -0.2) is 14.4 Å². The van der Waals surface area contributed by atoms with Gasteiger partial charge in [0.1, 0.15) is 28.7 Å². The second-order valence-electron chi connectivity index (χ2n) is 17.9. The lowest BCUT2D eigenvalue weighted by Crippen LogP contribution is -2.61. The molecule has 2 aliphatic heterocycles. The Morgan fingerprint density at radius 2 is 1.76 bits per heavy atom. The molecule has 1 saturated carbocycles. The van der Waals surface area contributed by atoms with Crippen LogP contribution in [0.1, 0.15) is 54.7 Å². The Bertz CT molecular complexity index is 2460. The number of nitrogens with zero attached hydrogens (tertiary/aromatic N) is 6. The molecule has 3 atom stereocenters. The van der Waals surface area contributed by atoms with Crippen molar-refractivity contribution in [3.8, 4) is 16.2 Å². The van der Waals surface area contributed by atoms with E-state index in [0.29, 0.717) is 98.7 Å². The van der Waals surface area contributed by atoms with E-state index in [4.69, 9.17) is 25.8 Å². The minimum absolute atomic E-state index is 0.0317. The number of aliphatic hydroxyl groups excluding tert-OH is 1. The first kappa shape index (κ1) is 52.7. The monoisotopic (exact) mass is 1020 g/mol. The maximum Gasteiger partial charge on any atom is 0.258 e. The van der Waals surface area contributed by atoms with Gasteiger partial charge in [0.05, 0.1) is 67.6 Å². The van der Waals surface area contributed by atoms with Gasteiger partial charge in [-0.1, -0.05) is 35.9 Å². The summed E-state index contributed by atoms with van der Waals surface area (Å²) < 4.78 is 31.4. The summed E-state index contributed by atoms with van der Waals surface area (Å²) in [6.07, 6.45) is 0.729. The van der Waals surface area contributed by atoms with Gasteiger partial charge in [0.15, 0.2) is 5.67 Å². The number of thiazole rings is 1. The minimum atomic E-state index is -2.03. The predicted molar refractivity (Wildman–Crippen MR) is 269 cm³/mol. The zero-order chi connectivity index (χ0) is 50.0. The maximum atomic E-state index is 15.0. The lowest BCUT2D eigenvalue weighted by molar-refractivity contribution is -0.143. The summed E-state index contributed by atoms with van der Waals surface area (Å²) in [6.45, 7) is 10.4. The quantitative estimate of drug-likeness (QED) is 0.0624. The molecule has 2 aromatic carbocycles. The standard InChI is InChI=1S/C48H62ClFN10O8S2/c1-30-39(69-29-54-30)32-8-6-31(7-9-32)26-52-42(62)37-25-34(61)28-60(37)44(64)40(56-45(65)48(50)12-13-48)47(2,3)70-23-22-68-21-20-67-19-18-58-14-16-59(17-15-58)43(63)33-10-11-36(38(24-33)66-5)55-46-53-27-35(49)41(51-4)57-46/h6-11,24,27,29,34,37,40,61H,12-23,25-26,28H2,1-5H3,(H,52,62)(H,56,65)(H2,51,53,55,57)/t34-,37-,40?/m1/s1. The van der Waals surface area contributed by atoms with Gasteiger partial charge < -0.3 is 50.4 Å².